The highest BCUT2D eigenvalue weighted by Gasteiger charge is 2.62. The normalized spacial score (nSPS) is 33.0. The van der Waals surface area contributed by atoms with Gasteiger partial charge in [0.1, 0.15) is 0 Å². The molecule has 4 aliphatic rings. The van der Waals surface area contributed by atoms with E-state index in [-0.39, 0.29) is 11.2 Å². The quantitative estimate of drug-likeness (QED) is 0.0668. The van der Waals surface area contributed by atoms with Crippen LogP contribution >= 0.6 is 0 Å². The second-order valence-electron chi connectivity index (χ2n) is 16.9. The van der Waals surface area contributed by atoms with E-state index in [1.807, 2.05) is 13.8 Å². The fraction of sp³-hybridized carbons (Fsp3) is 0.630. The molecule has 0 saturated heterocycles. The number of carbonyl (C=O) groups is 1. The Bertz CT molecular complexity index is 1490. The molecule has 5 rings (SSSR count). The van der Waals surface area contributed by atoms with Gasteiger partial charge >= 0.3 is 0 Å². The first-order chi connectivity index (χ1) is 24.5. The van der Waals surface area contributed by atoms with Crippen molar-refractivity contribution in [2.75, 3.05) is 11.5 Å². The molecular formula is C46H74N4O2. The minimum Gasteiger partial charge on any atom is -0.399 e. The highest BCUT2D eigenvalue weighted by Crippen LogP contribution is 2.69. The van der Waals surface area contributed by atoms with E-state index in [4.69, 9.17) is 22.9 Å². The highest BCUT2D eigenvalue weighted by atomic mass is 16.3. The molecule has 1 aromatic carbocycles. The molecule has 9 unspecified atom stereocenters. The van der Waals surface area contributed by atoms with Gasteiger partial charge in [0.2, 0.25) is 0 Å². The standard InChI is InChI=1S/C38H58N2O2.C6H10N2.C2H6/c1-7-24(3)10-9-11-25(8-2)30-13-14-31-29-12-15-34-37(5,32(29)16-18-36(30,31)4)19-17-35(42)38(34,6)23-33(41)26-20-27(39)22-28(40)21-26;1-3-6(8)4-5(2)7;1-2/h10,15,20-22,25,29-32,35,42H,7-9,11-14,16-19,23,39-40H2,1-6H3;3-4H,1-2,7-8H2;1-2H3/b24-10-;6-4+;. The summed E-state index contributed by atoms with van der Waals surface area (Å²) in [5.74, 6) is 3.81. The number of aliphatic hydroxyl groups excluding tert-OH is 1. The summed E-state index contributed by atoms with van der Waals surface area (Å²) in [5.41, 5.74) is 27.9. The van der Waals surface area contributed by atoms with Gasteiger partial charge in [-0.2, -0.15) is 0 Å². The number of allylic oxidation sites excluding steroid dienone is 5. The van der Waals surface area contributed by atoms with Crippen LogP contribution in [0.1, 0.15) is 143 Å². The predicted octanol–water partition coefficient (Wildman–Crippen LogP) is 10.7. The van der Waals surface area contributed by atoms with Gasteiger partial charge < -0.3 is 28.0 Å². The van der Waals surface area contributed by atoms with Crippen molar-refractivity contribution in [1.82, 2.24) is 0 Å². The molecule has 0 aliphatic heterocycles. The van der Waals surface area contributed by atoms with Crippen LogP contribution in [-0.2, 0) is 0 Å². The summed E-state index contributed by atoms with van der Waals surface area (Å²) in [6.07, 6.45) is 21.1. The van der Waals surface area contributed by atoms with Gasteiger partial charge in [-0.25, -0.2) is 0 Å². The van der Waals surface area contributed by atoms with E-state index in [1.165, 1.54) is 62.2 Å². The second-order valence-corrected chi connectivity index (χ2v) is 16.9. The second kappa shape index (κ2) is 18.2. The van der Waals surface area contributed by atoms with Crippen molar-refractivity contribution in [3.63, 3.8) is 0 Å². The van der Waals surface area contributed by atoms with Crippen LogP contribution in [0.15, 0.2) is 78.2 Å². The number of hydrogen-bond acceptors (Lipinski definition) is 6. The lowest BCUT2D eigenvalue weighted by molar-refractivity contribution is -0.0821. The van der Waals surface area contributed by atoms with E-state index < -0.39 is 11.5 Å². The fourth-order valence-corrected chi connectivity index (χ4v) is 11.2. The number of nitrogen functional groups attached to an aromatic ring is 2. The van der Waals surface area contributed by atoms with Crippen LogP contribution < -0.4 is 22.9 Å². The molecule has 0 aromatic heterocycles. The number of aliphatic hydroxyl groups is 1. The monoisotopic (exact) mass is 715 g/mol. The molecule has 0 spiro atoms. The molecule has 52 heavy (non-hydrogen) atoms. The third-order valence-corrected chi connectivity index (χ3v) is 13.9. The van der Waals surface area contributed by atoms with E-state index in [2.05, 4.69) is 66.9 Å². The smallest absolute Gasteiger partial charge is 0.163 e. The zero-order chi connectivity index (χ0) is 39.0. The van der Waals surface area contributed by atoms with Gasteiger partial charge in [0.25, 0.3) is 0 Å². The van der Waals surface area contributed by atoms with E-state index >= 15 is 0 Å². The summed E-state index contributed by atoms with van der Waals surface area (Å²) >= 11 is 0. The Balaban J connectivity index is 0.000000645. The maximum Gasteiger partial charge on any atom is 0.163 e. The minimum atomic E-state index is -0.565. The van der Waals surface area contributed by atoms with Crippen molar-refractivity contribution in [3.05, 3.63) is 83.8 Å². The van der Waals surface area contributed by atoms with Gasteiger partial charge in [-0.1, -0.05) is 91.3 Å². The number of ketones is 1. The average molecular weight is 715 g/mol. The highest BCUT2D eigenvalue weighted by molar-refractivity contribution is 5.98. The summed E-state index contributed by atoms with van der Waals surface area (Å²) in [6, 6.07) is 5.14. The first kappa shape index (κ1) is 43.2. The van der Waals surface area contributed by atoms with Gasteiger partial charge in [0, 0.05) is 40.2 Å². The van der Waals surface area contributed by atoms with Crippen molar-refractivity contribution >= 4 is 17.2 Å². The summed E-state index contributed by atoms with van der Waals surface area (Å²) in [7, 11) is 0. The van der Waals surface area contributed by atoms with Crippen LogP contribution in [0.2, 0.25) is 0 Å². The van der Waals surface area contributed by atoms with Gasteiger partial charge in [-0.15, -0.1) is 0 Å². The predicted molar refractivity (Wildman–Crippen MR) is 223 cm³/mol. The van der Waals surface area contributed by atoms with Crippen molar-refractivity contribution < 1.29 is 9.90 Å². The zero-order valence-corrected chi connectivity index (χ0v) is 34.1. The Morgan fingerprint density at radius 3 is 2.21 bits per heavy atom. The maximum absolute atomic E-state index is 13.6. The van der Waals surface area contributed by atoms with Crippen LogP contribution in [-0.4, -0.2) is 17.0 Å². The van der Waals surface area contributed by atoms with Crippen molar-refractivity contribution in [1.29, 1.82) is 0 Å². The number of nitrogens with two attached hydrogens (primary N) is 4. The lowest BCUT2D eigenvalue weighted by Gasteiger charge is -2.61. The molecule has 6 heteroatoms. The number of benzene rings is 1. The summed E-state index contributed by atoms with van der Waals surface area (Å²) < 4.78 is 0. The molecule has 0 radical (unpaired) electrons. The van der Waals surface area contributed by atoms with Gasteiger partial charge in [-0.3, -0.25) is 4.79 Å². The molecule has 6 nitrogen and oxygen atoms in total. The minimum absolute atomic E-state index is 0.0206. The number of carbonyl (C=O) groups excluding carboxylic acids is 1. The van der Waals surface area contributed by atoms with Crippen LogP contribution in [0.25, 0.3) is 0 Å². The third kappa shape index (κ3) is 9.09. The Morgan fingerprint density at radius 2 is 1.65 bits per heavy atom. The molecule has 9 atom stereocenters. The average Bonchev–Trinajstić information content (AvgIpc) is 3.46. The summed E-state index contributed by atoms with van der Waals surface area (Å²) in [6.45, 7) is 25.1. The summed E-state index contributed by atoms with van der Waals surface area (Å²) in [4.78, 5) is 13.6. The van der Waals surface area contributed by atoms with Gasteiger partial charge in [0.05, 0.1) is 6.10 Å². The fourth-order valence-electron chi connectivity index (χ4n) is 11.2. The molecular weight excluding hydrogens is 641 g/mol. The third-order valence-electron chi connectivity index (χ3n) is 13.9. The van der Waals surface area contributed by atoms with E-state index in [9.17, 15) is 9.90 Å². The number of Topliss-reactive ketones (excluding diaryl/α,β-unsaturated/α-hetero) is 1. The Kier molecular flexibility index (Phi) is 15.1. The van der Waals surface area contributed by atoms with Crippen molar-refractivity contribution in [2.24, 2.45) is 57.3 Å². The van der Waals surface area contributed by atoms with E-state index in [0.29, 0.717) is 52.0 Å². The molecule has 0 amide bonds. The molecule has 4 aliphatic carbocycles. The SMILES string of the molecule is C=C/C(N)=C\C(=C)N.CC.CC/C(C)=C\CCC(CC)C1CCC2C3CC=C4C(C)(CC(=O)c5cc(N)cc(N)c5)C(O)CCC4(C)C3CCC12C. The van der Waals surface area contributed by atoms with Gasteiger partial charge in [-0.05, 0) is 142 Å². The van der Waals surface area contributed by atoms with Crippen LogP contribution in [0.5, 0.6) is 0 Å². The zero-order valence-electron chi connectivity index (χ0n) is 34.1. The first-order valence-electron chi connectivity index (χ1n) is 20.3. The molecule has 3 fully saturated rings. The number of rotatable bonds is 11. The molecule has 0 heterocycles. The molecule has 3 saturated carbocycles. The molecule has 290 valence electrons. The van der Waals surface area contributed by atoms with E-state index in [0.717, 1.165) is 43.4 Å². The van der Waals surface area contributed by atoms with E-state index in [1.54, 1.807) is 24.3 Å². The first-order valence-corrected chi connectivity index (χ1v) is 20.3. The maximum atomic E-state index is 13.6. The Hall–Kier alpha value is -3.25. The number of fused-ring (bicyclic) bond motifs is 5. The number of anilines is 2. The van der Waals surface area contributed by atoms with Crippen LogP contribution in [0, 0.1) is 45.8 Å². The molecule has 0 bridgehead atoms. The lowest BCUT2D eigenvalue weighted by Crippen LogP contribution is -2.55. The van der Waals surface area contributed by atoms with Crippen LogP contribution in [0.4, 0.5) is 11.4 Å². The number of hydrogen-bond donors (Lipinski definition) is 5. The Labute approximate surface area is 317 Å². The van der Waals surface area contributed by atoms with Crippen molar-refractivity contribution in [2.45, 2.75) is 139 Å². The lowest BCUT2D eigenvalue weighted by atomic mass is 9.43. The molecule has 9 N–H and O–H groups in total. The Morgan fingerprint density at radius 1 is 1.00 bits per heavy atom. The van der Waals surface area contributed by atoms with Crippen molar-refractivity contribution in [3.8, 4) is 0 Å². The largest absolute Gasteiger partial charge is 0.399 e. The van der Waals surface area contributed by atoms with Gasteiger partial charge in [0.15, 0.2) is 5.78 Å². The molecule has 1 aromatic rings. The van der Waals surface area contributed by atoms with Crippen LogP contribution in [0.3, 0.4) is 0 Å². The topological polar surface area (TPSA) is 141 Å². The summed E-state index contributed by atoms with van der Waals surface area (Å²) in [5, 5.41) is 11.5.